The van der Waals surface area contributed by atoms with E-state index in [2.05, 4.69) is 40.5 Å². The maximum atomic E-state index is 12.6. The van der Waals surface area contributed by atoms with Gasteiger partial charge in [0.25, 0.3) is 0 Å². The number of piperidine rings is 1. The van der Waals surface area contributed by atoms with Crippen LogP contribution in [0.5, 0.6) is 0 Å². The van der Waals surface area contributed by atoms with Gasteiger partial charge in [-0.1, -0.05) is 30.3 Å². The molecule has 0 aliphatic carbocycles. The summed E-state index contributed by atoms with van der Waals surface area (Å²) < 4.78 is 5.25. The van der Waals surface area contributed by atoms with Gasteiger partial charge in [0.15, 0.2) is 0 Å². The van der Waals surface area contributed by atoms with Gasteiger partial charge >= 0.3 is 6.03 Å². The van der Waals surface area contributed by atoms with Gasteiger partial charge in [0.1, 0.15) is 0 Å². The third-order valence-corrected chi connectivity index (χ3v) is 5.08. The molecule has 5 nitrogen and oxygen atoms in total. The minimum Gasteiger partial charge on any atom is -0.383 e. The Hall–Kier alpha value is -1.59. The van der Waals surface area contributed by atoms with Crippen LogP contribution in [0.2, 0.25) is 0 Å². The molecule has 0 unspecified atom stereocenters. The van der Waals surface area contributed by atoms with E-state index >= 15 is 0 Å². The Labute approximate surface area is 145 Å². The molecule has 2 saturated heterocycles. The molecule has 0 bridgehead atoms. The first-order valence-corrected chi connectivity index (χ1v) is 9.08. The number of hydrogen-bond donors (Lipinski definition) is 1. The number of urea groups is 1. The molecule has 24 heavy (non-hydrogen) atoms. The summed E-state index contributed by atoms with van der Waals surface area (Å²) in [6.45, 7) is 4.49. The van der Waals surface area contributed by atoms with Crippen LogP contribution in [-0.4, -0.2) is 61.3 Å². The summed E-state index contributed by atoms with van der Waals surface area (Å²) in [5, 5.41) is 3.25. The van der Waals surface area contributed by atoms with E-state index in [0.29, 0.717) is 6.61 Å². The summed E-state index contributed by atoms with van der Waals surface area (Å²) in [5.74, 6) is 0. The SMILES string of the molecule is COC[C@@H]1CCCN1C(=O)N[C@H]1CCCN(Cc2ccccc2)C1. The first-order chi connectivity index (χ1) is 11.8. The topological polar surface area (TPSA) is 44.8 Å². The van der Waals surface area contributed by atoms with Crippen molar-refractivity contribution in [3.05, 3.63) is 35.9 Å². The number of ether oxygens (including phenoxy) is 1. The normalized spacial score (nSPS) is 25.0. The maximum Gasteiger partial charge on any atom is 0.317 e. The minimum atomic E-state index is 0.0844. The lowest BCUT2D eigenvalue weighted by molar-refractivity contribution is 0.117. The highest BCUT2D eigenvalue weighted by molar-refractivity contribution is 5.75. The van der Waals surface area contributed by atoms with Crippen LogP contribution in [0, 0.1) is 0 Å². The molecular formula is C19H29N3O2. The van der Waals surface area contributed by atoms with E-state index in [1.54, 1.807) is 7.11 Å². The molecule has 5 heteroatoms. The Morgan fingerprint density at radius 1 is 1.21 bits per heavy atom. The Balaban J connectivity index is 1.50. The molecule has 0 saturated carbocycles. The number of methoxy groups -OCH3 is 1. The van der Waals surface area contributed by atoms with Crippen LogP contribution in [0.3, 0.4) is 0 Å². The number of hydrogen-bond acceptors (Lipinski definition) is 3. The number of carbonyl (C=O) groups excluding carboxylic acids is 1. The second-order valence-corrected chi connectivity index (χ2v) is 6.95. The average molecular weight is 331 g/mol. The summed E-state index contributed by atoms with van der Waals surface area (Å²) in [6.07, 6.45) is 4.33. The summed E-state index contributed by atoms with van der Waals surface area (Å²) >= 11 is 0. The van der Waals surface area contributed by atoms with Crippen molar-refractivity contribution in [1.82, 2.24) is 15.1 Å². The van der Waals surface area contributed by atoms with E-state index < -0.39 is 0 Å². The summed E-state index contributed by atoms with van der Waals surface area (Å²) in [4.78, 5) is 17.0. The van der Waals surface area contributed by atoms with Gasteiger partial charge in [-0.3, -0.25) is 4.90 Å². The van der Waals surface area contributed by atoms with Gasteiger partial charge in [-0.05, 0) is 37.8 Å². The van der Waals surface area contributed by atoms with Crippen molar-refractivity contribution < 1.29 is 9.53 Å². The highest BCUT2D eigenvalue weighted by Gasteiger charge is 2.30. The number of amides is 2. The lowest BCUT2D eigenvalue weighted by Gasteiger charge is -2.35. The Kier molecular flexibility index (Phi) is 6.10. The van der Waals surface area contributed by atoms with E-state index in [9.17, 15) is 4.79 Å². The highest BCUT2D eigenvalue weighted by atomic mass is 16.5. The van der Waals surface area contributed by atoms with Crippen molar-refractivity contribution in [3.63, 3.8) is 0 Å². The van der Waals surface area contributed by atoms with Crippen molar-refractivity contribution >= 4 is 6.03 Å². The van der Waals surface area contributed by atoms with Crippen LogP contribution in [-0.2, 0) is 11.3 Å². The van der Waals surface area contributed by atoms with E-state index in [1.165, 1.54) is 5.56 Å². The average Bonchev–Trinajstić information content (AvgIpc) is 3.05. The van der Waals surface area contributed by atoms with Gasteiger partial charge in [-0.2, -0.15) is 0 Å². The number of carbonyl (C=O) groups is 1. The predicted molar refractivity (Wildman–Crippen MR) is 94.9 cm³/mol. The van der Waals surface area contributed by atoms with Crippen LogP contribution < -0.4 is 5.32 Å². The van der Waals surface area contributed by atoms with Crippen molar-refractivity contribution in [2.45, 2.75) is 44.3 Å². The number of benzene rings is 1. The molecule has 1 N–H and O–H groups in total. The second-order valence-electron chi connectivity index (χ2n) is 6.95. The largest absolute Gasteiger partial charge is 0.383 e. The first kappa shape index (κ1) is 17.2. The molecule has 1 aromatic rings. The second kappa shape index (κ2) is 8.49. The standard InChI is InChI=1S/C19H29N3O2/c1-24-15-18-10-6-12-22(18)19(23)20-17-9-5-11-21(14-17)13-16-7-3-2-4-8-16/h2-4,7-8,17-18H,5-6,9-15H2,1H3,(H,20,23)/t17-,18-/m0/s1. The molecule has 3 rings (SSSR count). The number of nitrogens with zero attached hydrogens (tertiary/aromatic N) is 2. The minimum absolute atomic E-state index is 0.0844. The fourth-order valence-corrected chi connectivity index (χ4v) is 3.88. The molecule has 2 aliphatic rings. The predicted octanol–water partition coefficient (Wildman–Crippen LogP) is 2.47. The summed E-state index contributed by atoms with van der Waals surface area (Å²) in [7, 11) is 1.71. The molecule has 132 valence electrons. The zero-order valence-corrected chi connectivity index (χ0v) is 14.6. The van der Waals surface area contributed by atoms with Crippen molar-refractivity contribution in [2.24, 2.45) is 0 Å². The number of rotatable bonds is 5. The molecule has 2 aliphatic heterocycles. The van der Waals surface area contributed by atoms with Crippen molar-refractivity contribution in [3.8, 4) is 0 Å². The number of likely N-dealkylation sites (tertiary alicyclic amines) is 2. The zero-order valence-electron chi connectivity index (χ0n) is 14.6. The third-order valence-electron chi connectivity index (χ3n) is 5.08. The van der Waals surface area contributed by atoms with Gasteiger partial charge < -0.3 is 15.0 Å². The quantitative estimate of drug-likeness (QED) is 0.901. The van der Waals surface area contributed by atoms with E-state index in [0.717, 1.165) is 51.9 Å². The zero-order chi connectivity index (χ0) is 16.8. The first-order valence-electron chi connectivity index (χ1n) is 9.08. The fraction of sp³-hybridized carbons (Fsp3) is 0.632. The number of nitrogens with one attached hydrogen (secondary N) is 1. The molecular weight excluding hydrogens is 302 g/mol. The smallest absolute Gasteiger partial charge is 0.317 e. The monoisotopic (exact) mass is 331 g/mol. The van der Waals surface area contributed by atoms with Crippen LogP contribution in [0.4, 0.5) is 4.79 Å². The van der Waals surface area contributed by atoms with Crippen LogP contribution in [0.25, 0.3) is 0 Å². The van der Waals surface area contributed by atoms with E-state index in [-0.39, 0.29) is 18.1 Å². The Morgan fingerprint density at radius 3 is 2.79 bits per heavy atom. The van der Waals surface area contributed by atoms with Crippen LogP contribution in [0.1, 0.15) is 31.2 Å². The molecule has 0 radical (unpaired) electrons. The molecule has 2 amide bonds. The molecule has 2 atom stereocenters. The molecule has 0 spiro atoms. The van der Waals surface area contributed by atoms with Gasteiger partial charge in [0.05, 0.1) is 12.6 Å². The maximum absolute atomic E-state index is 12.6. The Bertz CT molecular complexity index is 523. The van der Waals surface area contributed by atoms with E-state index in [4.69, 9.17) is 4.74 Å². The third kappa shape index (κ3) is 4.48. The van der Waals surface area contributed by atoms with Crippen LogP contribution >= 0.6 is 0 Å². The van der Waals surface area contributed by atoms with Gasteiger partial charge in [-0.25, -0.2) is 4.79 Å². The van der Waals surface area contributed by atoms with Gasteiger partial charge in [0.2, 0.25) is 0 Å². The lowest BCUT2D eigenvalue weighted by Crippen LogP contribution is -2.52. The highest BCUT2D eigenvalue weighted by Crippen LogP contribution is 2.19. The summed E-state index contributed by atoms with van der Waals surface area (Å²) in [5.41, 5.74) is 1.34. The Morgan fingerprint density at radius 2 is 2.00 bits per heavy atom. The van der Waals surface area contributed by atoms with E-state index in [1.807, 2.05) is 4.90 Å². The van der Waals surface area contributed by atoms with Crippen molar-refractivity contribution in [1.29, 1.82) is 0 Å². The molecule has 2 heterocycles. The molecule has 1 aromatic carbocycles. The van der Waals surface area contributed by atoms with Crippen LogP contribution in [0.15, 0.2) is 30.3 Å². The van der Waals surface area contributed by atoms with Crippen molar-refractivity contribution in [2.75, 3.05) is 33.4 Å². The van der Waals surface area contributed by atoms with Gasteiger partial charge in [-0.15, -0.1) is 0 Å². The lowest BCUT2D eigenvalue weighted by atomic mass is 10.0. The summed E-state index contributed by atoms with van der Waals surface area (Å²) in [6, 6.07) is 11.1. The fourth-order valence-electron chi connectivity index (χ4n) is 3.88. The van der Waals surface area contributed by atoms with Gasteiger partial charge in [0, 0.05) is 32.8 Å². The molecule has 0 aromatic heterocycles. The molecule has 2 fully saturated rings.